The molecule has 1 heterocycles. The first-order valence-electron chi connectivity index (χ1n) is 6.73. The summed E-state index contributed by atoms with van der Waals surface area (Å²) in [5, 5.41) is 2.86. The molecule has 1 aromatic heterocycles. The molecule has 5 nitrogen and oxygen atoms in total. The van der Waals surface area contributed by atoms with E-state index in [4.69, 9.17) is 5.73 Å². The van der Waals surface area contributed by atoms with Gasteiger partial charge in [-0.25, -0.2) is 4.98 Å². The van der Waals surface area contributed by atoms with E-state index in [1.165, 1.54) is 5.56 Å². The number of amides is 1. The standard InChI is InChI=1S/C15H20N4O/c1-11(2)12-4-3-5-13(8-12)18-15(20)14-9-19(7-6-16)10-17-14/h3-5,8-11H,6-7,16H2,1-2H3,(H,18,20). The van der Waals surface area contributed by atoms with Gasteiger partial charge in [-0.3, -0.25) is 4.79 Å². The van der Waals surface area contributed by atoms with Crippen molar-refractivity contribution in [3.8, 4) is 0 Å². The van der Waals surface area contributed by atoms with E-state index in [1.54, 1.807) is 17.1 Å². The molecule has 2 rings (SSSR count). The third-order valence-corrected chi connectivity index (χ3v) is 3.06. The summed E-state index contributed by atoms with van der Waals surface area (Å²) in [6.45, 7) is 5.42. The van der Waals surface area contributed by atoms with E-state index in [9.17, 15) is 4.79 Å². The minimum Gasteiger partial charge on any atom is -0.335 e. The molecule has 0 bridgehead atoms. The zero-order valence-electron chi connectivity index (χ0n) is 11.8. The summed E-state index contributed by atoms with van der Waals surface area (Å²) in [6, 6.07) is 7.86. The molecule has 0 saturated heterocycles. The highest BCUT2D eigenvalue weighted by atomic mass is 16.1. The number of nitrogens with two attached hydrogens (primary N) is 1. The molecule has 20 heavy (non-hydrogen) atoms. The molecular formula is C15H20N4O. The van der Waals surface area contributed by atoms with E-state index in [1.807, 2.05) is 18.2 Å². The van der Waals surface area contributed by atoms with Gasteiger partial charge in [-0.2, -0.15) is 0 Å². The molecule has 0 saturated carbocycles. The number of hydrogen-bond donors (Lipinski definition) is 2. The zero-order valence-corrected chi connectivity index (χ0v) is 11.8. The number of hydrogen-bond acceptors (Lipinski definition) is 3. The number of benzene rings is 1. The van der Waals surface area contributed by atoms with Gasteiger partial charge < -0.3 is 15.6 Å². The van der Waals surface area contributed by atoms with Crippen molar-refractivity contribution in [2.75, 3.05) is 11.9 Å². The highest BCUT2D eigenvalue weighted by molar-refractivity contribution is 6.02. The third-order valence-electron chi connectivity index (χ3n) is 3.06. The Morgan fingerprint density at radius 2 is 2.25 bits per heavy atom. The summed E-state index contributed by atoms with van der Waals surface area (Å²) in [7, 11) is 0. The molecule has 3 N–H and O–H groups in total. The first kappa shape index (κ1) is 14.3. The second-order valence-electron chi connectivity index (χ2n) is 5.02. The first-order valence-corrected chi connectivity index (χ1v) is 6.73. The Bertz CT molecular complexity index is 589. The minimum absolute atomic E-state index is 0.207. The summed E-state index contributed by atoms with van der Waals surface area (Å²) < 4.78 is 1.81. The Morgan fingerprint density at radius 1 is 1.45 bits per heavy atom. The van der Waals surface area contributed by atoms with Gasteiger partial charge in [-0.15, -0.1) is 0 Å². The average Bonchev–Trinajstić information content (AvgIpc) is 2.88. The Kier molecular flexibility index (Phi) is 4.53. The van der Waals surface area contributed by atoms with Crippen LogP contribution in [0.15, 0.2) is 36.8 Å². The molecule has 0 atom stereocenters. The Balaban J connectivity index is 2.08. The number of carbonyl (C=O) groups is 1. The second kappa shape index (κ2) is 6.34. The number of aromatic nitrogens is 2. The lowest BCUT2D eigenvalue weighted by Crippen LogP contribution is -2.13. The van der Waals surface area contributed by atoms with Crippen LogP contribution in [-0.2, 0) is 6.54 Å². The maximum absolute atomic E-state index is 12.1. The highest BCUT2D eigenvalue weighted by Crippen LogP contribution is 2.18. The topological polar surface area (TPSA) is 72.9 Å². The van der Waals surface area contributed by atoms with Crippen LogP contribution in [0.4, 0.5) is 5.69 Å². The third kappa shape index (κ3) is 3.45. The van der Waals surface area contributed by atoms with Gasteiger partial charge >= 0.3 is 0 Å². The first-order chi connectivity index (χ1) is 9.60. The van der Waals surface area contributed by atoms with Crippen molar-refractivity contribution in [3.05, 3.63) is 48.0 Å². The Hall–Kier alpha value is -2.14. The number of nitrogens with zero attached hydrogens (tertiary/aromatic N) is 2. The fraction of sp³-hybridized carbons (Fsp3) is 0.333. The van der Waals surface area contributed by atoms with Crippen LogP contribution in [0, 0.1) is 0 Å². The van der Waals surface area contributed by atoms with Crippen LogP contribution >= 0.6 is 0 Å². The Labute approximate surface area is 118 Å². The van der Waals surface area contributed by atoms with Crippen molar-refractivity contribution < 1.29 is 4.79 Å². The summed E-state index contributed by atoms with van der Waals surface area (Å²) >= 11 is 0. The lowest BCUT2D eigenvalue weighted by atomic mass is 10.0. The predicted octanol–water partition coefficient (Wildman–Crippen LogP) is 2.22. The van der Waals surface area contributed by atoms with Gasteiger partial charge in [-0.1, -0.05) is 26.0 Å². The summed E-state index contributed by atoms with van der Waals surface area (Å²) in [5.74, 6) is 0.220. The summed E-state index contributed by atoms with van der Waals surface area (Å²) in [4.78, 5) is 16.2. The number of nitrogens with one attached hydrogen (secondary N) is 1. The highest BCUT2D eigenvalue weighted by Gasteiger charge is 2.10. The SMILES string of the molecule is CC(C)c1cccc(NC(=O)c2cn(CCN)cn2)c1. The molecule has 0 aliphatic heterocycles. The van der Waals surface area contributed by atoms with Crippen LogP contribution in [-0.4, -0.2) is 22.0 Å². The van der Waals surface area contributed by atoms with E-state index in [0.29, 0.717) is 24.7 Å². The molecule has 5 heteroatoms. The molecule has 1 amide bonds. The minimum atomic E-state index is -0.207. The van der Waals surface area contributed by atoms with Crippen molar-refractivity contribution in [2.45, 2.75) is 26.3 Å². The number of imidazole rings is 1. The number of carbonyl (C=O) groups excluding carboxylic acids is 1. The average molecular weight is 272 g/mol. The molecule has 0 unspecified atom stereocenters. The molecule has 2 aromatic rings. The molecule has 0 aliphatic rings. The molecule has 106 valence electrons. The van der Waals surface area contributed by atoms with E-state index in [2.05, 4.69) is 30.2 Å². The van der Waals surface area contributed by atoms with Gasteiger partial charge in [0.2, 0.25) is 0 Å². The summed E-state index contributed by atoms with van der Waals surface area (Å²) in [5.41, 5.74) is 7.84. The summed E-state index contributed by atoms with van der Waals surface area (Å²) in [6.07, 6.45) is 3.32. The van der Waals surface area contributed by atoms with E-state index in [-0.39, 0.29) is 5.91 Å². The van der Waals surface area contributed by atoms with E-state index in [0.717, 1.165) is 5.69 Å². The van der Waals surface area contributed by atoms with Crippen molar-refractivity contribution in [1.82, 2.24) is 9.55 Å². The van der Waals surface area contributed by atoms with Gasteiger partial charge in [0.05, 0.1) is 6.33 Å². The quantitative estimate of drug-likeness (QED) is 0.876. The van der Waals surface area contributed by atoms with Crippen molar-refractivity contribution in [3.63, 3.8) is 0 Å². The fourth-order valence-electron chi connectivity index (χ4n) is 1.92. The molecule has 0 spiro atoms. The second-order valence-corrected chi connectivity index (χ2v) is 5.02. The fourth-order valence-corrected chi connectivity index (χ4v) is 1.92. The van der Waals surface area contributed by atoms with Crippen LogP contribution in [0.25, 0.3) is 0 Å². The van der Waals surface area contributed by atoms with Crippen molar-refractivity contribution in [2.24, 2.45) is 5.73 Å². The normalized spacial score (nSPS) is 10.8. The smallest absolute Gasteiger partial charge is 0.275 e. The van der Waals surface area contributed by atoms with Crippen molar-refractivity contribution in [1.29, 1.82) is 0 Å². The molecule has 1 aromatic carbocycles. The maximum atomic E-state index is 12.1. The largest absolute Gasteiger partial charge is 0.335 e. The van der Waals surface area contributed by atoms with Crippen molar-refractivity contribution >= 4 is 11.6 Å². The van der Waals surface area contributed by atoms with E-state index < -0.39 is 0 Å². The molecule has 0 aliphatic carbocycles. The monoisotopic (exact) mass is 272 g/mol. The maximum Gasteiger partial charge on any atom is 0.275 e. The molecule has 0 radical (unpaired) electrons. The van der Waals surface area contributed by atoms with Crippen LogP contribution in [0.1, 0.15) is 35.8 Å². The van der Waals surface area contributed by atoms with Gasteiger partial charge in [0.15, 0.2) is 0 Å². The zero-order chi connectivity index (χ0) is 14.5. The number of rotatable bonds is 5. The van der Waals surface area contributed by atoms with Crippen LogP contribution in [0.2, 0.25) is 0 Å². The van der Waals surface area contributed by atoms with Crippen LogP contribution in [0.5, 0.6) is 0 Å². The number of anilines is 1. The molecular weight excluding hydrogens is 252 g/mol. The van der Waals surface area contributed by atoms with Gasteiger partial charge in [0, 0.05) is 25.0 Å². The Morgan fingerprint density at radius 3 is 2.95 bits per heavy atom. The van der Waals surface area contributed by atoms with Gasteiger partial charge in [-0.05, 0) is 23.6 Å². The molecule has 0 fully saturated rings. The van der Waals surface area contributed by atoms with Gasteiger partial charge in [0.25, 0.3) is 5.91 Å². The van der Waals surface area contributed by atoms with E-state index >= 15 is 0 Å². The lowest BCUT2D eigenvalue weighted by molar-refractivity contribution is 0.102. The van der Waals surface area contributed by atoms with Crippen LogP contribution in [0.3, 0.4) is 0 Å². The predicted molar refractivity (Wildman–Crippen MR) is 79.8 cm³/mol. The van der Waals surface area contributed by atoms with Crippen LogP contribution < -0.4 is 11.1 Å². The lowest BCUT2D eigenvalue weighted by Gasteiger charge is -2.08. The van der Waals surface area contributed by atoms with Gasteiger partial charge in [0.1, 0.15) is 5.69 Å².